The Labute approximate surface area is 111 Å². The summed E-state index contributed by atoms with van der Waals surface area (Å²) in [5.74, 6) is -0.688. The minimum absolute atomic E-state index is 0.0906. The van der Waals surface area contributed by atoms with Gasteiger partial charge in [0.15, 0.2) is 5.82 Å². The van der Waals surface area contributed by atoms with Gasteiger partial charge in [-0.15, -0.1) is 5.10 Å². The average molecular weight is 266 g/mol. The molecule has 1 aliphatic rings. The number of aromatic nitrogens is 2. The highest BCUT2D eigenvalue weighted by atomic mass is 16.5. The lowest BCUT2D eigenvalue weighted by Gasteiger charge is -2.29. The van der Waals surface area contributed by atoms with Gasteiger partial charge in [-0.1, -0.05) is 0 Å². The van der Waals surface area contributed by atoms with Crippen LogP contribution in [-0.2, 0) is 4.74 Å². The monoisotopic (exact) mass is 266 g/mol. The first-order valence-electron chi connectivity index (χ1n) is 6.28. The zero-order chi connectivity index (χ0) is 13.7. The van der Waals surface area contributed by atoms with E-state index in [0.717, 1.165) is 32.8 Å². The van der Waals surface area contributed by atoms with E-state index in [1.807, 2.05) is 6.92 Å². The Kier molecular flexibility index (Phi) is 4.64. The van der Waals surface area contributed by atoms with Crippen molar-refractivity contribution in [1.82, 2.24) is 15.1 Å². The minimum atomic E-state index is -1.00. The Balaban J connectivity index is 1.94. The lowest BCUT2D eigenvalue weighted by Crippen LogP contribution is -2.42. The van der Waals surface area contributed by atoms with Crippen molar-refractivity contribution in [3.8, 4) is 0 Å². The van der Waals surface area contributed by atoms with Gasteiger partial charge in [-0.3, -0.25) is 4.90 Å². The van der Waals surface area contributed by atoms with Crippen LogP contribution in [0.3, 0.4) is 0 Å². The molecule has 1 fully saturated rings. The maximum atomic E-state index is 11.1. The number of hydrogen-bond donors (Lipinski definition) is 2. The molecule has 0 radical (unpaired) electrons. The molecule has 19 heavy (non-hydrogen) atoms. The molecule has 2 rings (SSSR count). The lowest BCUT2D eigenvalue weighted by atomic mass is 10.2. The number of carboxylic acids is 1. The van der Waals surface area contributed by atoms with Gasteiger partial charge in [0, 0.05) is 25.7 Å². The molecular formula is C12H18N4O3. The van der Waals surface area contributed by atoms with Gasteiger partial charge in [-0.25, -0.2) is 4.79 Å². The maximum Gasteiger partial charge on any atom is 0.339 e. The molecule has 2 N–H and O–H groups in total. The maximum absolute atomic E-state index is 11.1. The van der Waals surface area contributed by atoms with Crippen LogP contribution < -0.4 is 5.32 Å². The fourth-order valence-electron chi connectivity index (χ4n) is 2.06. The number of nitrogens with one attached hydrogen (secondary N) is 1. The SMILES string of the molecule is CC(CN1CCOCC1)Nc1nnccc1C(=O)O. The summed E-state index contributed by atoms with van der Waals surface area (Å²) >= 11 is 0. The van der Waals surface area contributed by atoms with E-state index in [2.05, 4.69) is 20.4 Å². The molecule has 1 aromatic rings. The number of morpholine rings is 1. The highest BCUT2D eigenvalue weighted by Gasteiger charge is 2.17. The normalized spacial score (nSPS) is 17.9. The van der Waals surface area contributed by atoms with Crippen LogP contribution in [0.1, 0.15) is 17.3 Å². The third-order valence-corrected chi connectivity index (χ3v) is 2.97. The Bertz CT molecular complexity index is 435. The smallest absolute Gasteiger partial charge is 0.339 e. The van der Waals surface area contributed by atoms with Gasteiger partial charge >= 0.3 is 5.97 Å². The molecule has 1 aliphatic heterocycles. The highest BCUT2D eigenvalue weighted by Crippen LogP contribution is 2.12. The van der Waals surface area contributed by atoms with Crippen molar-refractivity contribution in [2.24, 2.45) is 0 Å². The van der Waals surface area contributed by atoms with Crippen molar-refractivity contribution >= 4 is 11.8 Å². The topological polar surface area (TPSA) is 87.6 Å². The number of ether oxygens (including phenoxy) is 1. The Hall–Kier alpha value is -1.73. The fraction of sp³-hybridized carbons (Fsp3) is 0.583. The van der Waals surface area contributed by atoms with Gasteiger partial charge in [0.05, 0.1) is 19.4 Å². The molecule has 7 nitrogen and oxygen atoms in total. The highest BCUT2D eigenvalue weighted by molar-refractivity contribution is 5.92. The molecule has 7 heteroatoms. The number of hydrogen-bond acceptors (Lipinski definition) is 6. The summed E-state index contributed by atoms with van der Waals surface area (Å²) in [6, 6.07) is 1.53. The Morgan fingerprint density at radius 2 is 2.32 bits per heavy atom. The van der Waals surface area contributed by atoms with Gasteiger partial charge in [0.2, 0.25) is 0 Å². The van der Waals surface area contributed by atoms with Crippen LogP contribution in [0.4, 0.5) is 5.82 Å². The minimum Gasteiger partial charge on any atom is -0.478 e. The fourth-order valence-corrected chi connectivity index (χ4v) is 2.06. The number of aromatic carboxylic acids is 1. The summed E-state index contributed by atoms with van der Waals surface area (Å²) in [4.78, 5) is 13.3. The molecule has 0 aliphatic carbocycles. The summed E-state index contributed by atoms with van der Waals surface area (Å²) in [6.45, 7) is 6.11. The van der Waals surface area contributed by atoms with Gasteiger partial charge in [0.1, 0.15) is 5.56 Å². The Morgan fingerprint density at radius 1 is 1.58 bits per heavy atom. The van der Waals surface area contributed by atoms with Crippen LogP contribution in [0.25, 0.3) is 0 Å². The van der Waals surface area contributed by atoms with Crippen LogP contribution in [0.2, 0.25) is 0 Å². The number of carboxylic acid groups (broad SMARTS) is 1. The molecule has 2 heterocycles. The number of nitrogens with zero attached hydrogens (tertiary/aromatic N) is 3. The van der Waals surface area contributed by atoms with Crippen molar-refractivity contribution in [1.29, 1.82) is 0 Å². The summed E-state index contributed by atoms with van der Waals surface area (Å²) in [7, 11) is 0. The van der Waals surface area contributed by atoms with Crippen LogP contribution >= 0.6 is 0 Å². The summed E-state index contributed by atoms with van der Waals surface area (Å²) < 4.78 is 5.29. The van der Waals surface area contributed by atoms with E-state index >= 15 is 0 Å². The number of anilines is 1. The molecule has 0 bridgehead atoms. The molecule has 0 saturated carbocycles. The largest absolute Gasteiger partial charge is 0.478 e. The zero-order valence-electron chi connectivity index (χ0n) is 10.9. The van der Waals surface area contributed by atoms with Crippen LogP contribution in [0.15, 0.2) is 12.3 Å². The second kappa shape index (κ2) is 6.44. The molecular weight excluding hydrogens is 248 g/mol. The van der Waals surface area contributed by atoms with Crippen molar-refractivity contribution in [2.45, 2.75) is 13.0 Å². The van der Waals surface area contributed by atoms with Crippen molar-refractivity contribution in [2.75, 3.05) is 38.2 Å². The average Bonchev–Trinajstić information content (AvgIpc) is 2.40. The van der Waals surface area contributed by atoms with E-state index in [4.69, 9.17) is 9.84 Å². The first-order valence-corrected chi connectivity index (χ1v) is 6.28. The molecule has 1 aromatic heterocycles. The van der Waals surface area contributed by atoms with Crippen LogP contribution in [0.5, 0.6) is 0 Å². The molecule has 0 amide bonds. The summed E-state index contributed by atoms with van der Waals surface area (Å²) in [6.07, 6.45) is 1.38. The lowest BCUT2D eigenvalue weighted by molar-refractivity contribution is 0.0368. The first kappa shape index (κ1) is 13.7. The molecule has 0 aromatic carbocycles. The van der Waals surface area contributed by atoms with E-state index in [-0.39, 0.29) is 11.6 Å². The van der Waals surface area contributed by atoms with Crippen LogP contribution in [-0.4, -0.2) is 65.1 Å². The third-order valence-electron chi connectivity index (χ3n) is 2.97. The van der Waals surface area contributed by atoms with Crippen molar-refractivity contribution < 1.29 is 14.6 Å². The number of carbonyl (C=O) groups is 1. The number of rotatable bonds is 5. The van der Waals surface area contributed by atoms with E-state index in [9.17, 15) is 4.79 Å². The zero-order valence-corrected chi connectivity index (χ0v) is 10.9. The molecule has 1 unspecified atom stereocenters. The second-order valence-corrected chi connectivity index (χ2v) is 4.56. The third kappa shape index (κ3) is 3.87. The molecule has 104 valence electrons. The van der Waals surface area contributed by atoms with Gasteiger partial charge in [-0.2, -0.15) is 5.10 Å². The molecule has 1 saturated heterocycles. The van der Waals surface area contributed by atoms with Crippen molar-refractivity contribution in [3.63, 3.8) is 0 Å². The van der Waals surface area contributed by atoms with Gasteiger partial charge in [0.25, 0.3) is 0 Å². The van der Waals surface area contributed by atoms with Crippen molar-refractivity contribution in [3.05, 3.63) is 17.8 Å². The van der Waals surface area contributed by atoms with Crippen LogP contribution in [0, 0.1) is 0 Å². The van der Waals surface area contributed by atoms with Gasteiger partial charge in [-0.05, 0) is 13.0 Å². The first-order chi connectivity index (χ1) is 9.16. The van der Waals surface area contributed by atoms with E-state index < -0.39 is 5.97 Å². The summed E-state index contributed by atoms with van der Waals surface area (Å²) in [5.41, 5.74) is 0.142. The Morgan fingerprint density at radius 3 is 3.00 bits per heavy atom. The molecule has 1 atom stereocenters. The predicted octanol–water partition coefficient (Wildman–Crippen LogP) is 0.307. The quantitative estimate of drug-likeness (QED) is 0.792. The second-order valence-electron chi connectivity index (χ2n) is 4.56. The van der Waals surface area contributed by atoms with E-state index in [1.165, 1.54) is 12.3 Å². The van der Waals surface area contributed by atoms with E-state index in [0.29, 0.717) is 5.82 Å². The van der Waals surface area contributed by atoms with E-state index in [1.54, 1.807) is 0 Å². The standard InChI is InChI=1S/C12H18N4O3/c1-9(8-16-4-6-19-7-5-16)14-11-10(12(17)18)2-3-13-15-11/h2-3,9H,4-8H2,1H3,(H,14,15)(H,17,18). The summed E-state index contributed by atoms with van der Waals surface area (Å²) in [5, 5.41) is 19.7. The van der Waals surface area contributed by atoms with Gasteiger partial charge < -0.3 is 15.2 Å². The predicted molar refractivity (Wildman–Crippen MR) is 69.3 cm³/mol. The molecule has 0 spiro atoms.